The summed E-state index contributed by atoms with van der Waals surface area (Å²) in [5.74, 6) is -1.15. The number of carbonyl (C=O) groups is 1. The van der Waals surface area contributed by atoms with Gasteiger partial charge in [0, 0.05) is 5.02 Å². The Bertz CT molecular complexity index is 682. The summed E-state index contributed by atoms with van der Waals surface area (Å²) in [5, 5.41) is 8.93. The second-order valence-corrected chi connectivity index (χ2v) is 7.16. The van der Waals surface area contributed by atoms with Crippen molar-refractivity contribution in [2.24, 2.45) is 5.92 Å². The second kappa shape index (κ2) is 7.58. The van der Waals surface area contributed by atoms with Gasteiger partial charge in [0.25, 0.3) is 0 Å². The molecule has 0 aliphatic heterocycles. The summed E-state index contributed by atoms with van der Waals surface area (Å²) in [6.45, 7) is 4.74. The lowest BCUT2D eigenvalue weighted by Gasteiger charge is -2.21. The SMILES string of the molecule is CC(C)[C@H](NS(=O)(=O)c1cccc(Cl)c1)C(=O)O[C@@H](C)C#N. The van der Waals surface area contributed by atoms with Crippen LogP contribution in [0.1, 0.15) is 20.8 Å². The predicted octanol–water partition coefficient (Wildman–Crippen LogP) is 2.10. The molecule has 120 valence electrons. The molecule has 0 unspecified atom stereocenters. The van der Waals surface area contributed by atoms with Crippen molar-refractivity contribution in [3.05, 3.63) is 29.3 Å². The summed E-state index contributed by atoms with van der Waals surface area (Å²) in [5.41, 5.74) is 0. The number of esters is 1. The molecule has 0 radical (unpaired) electrons. The molecule has 1 aromatic carbocycles. The minimum absolute atomic E-state index is 0.0493. The van der Waals surface area contributed by atoms with E-state index in [9.17, 15) is 13.2 Å². The Morgan fingerprint density at radius 1 is 1.36 bits per heavy atom. The molecular weight excluding hydrogens is 328 g/mol. The van der Waals surface area contributed by atoms with Gasteiger partial charge < -0.3 is 4.74 Å². The molecule has 2 atom stereocenters. The minimum atomic E-state index is -3.93. The van der Waals surface area contributed by atoms with Crippen LogP contribution in [0.5, 0.6) is 0 Å². The van der Waals surface area contributed by atoms with Gasteiger partial charge in [-0.05, 0) is 31.0 Å². The third-order valence-corrected chi connectivity index (χ3v) is 4.46. The molecule has 8 heteroatoms. The minimum Gasteiger partial charge on any atom is -0.446 e. The van der Waals surface area contributed by atoms with Crippen LogP contribution >= 0.6 is 11.6 Å². The molecule has 0 aromatic heterocycles. The Kier molecular flexibility index (Phi) is 6.35. The van der Waals surface area contributed by atoms with E-state index in [2.05, 4.69) is 4.72 Å². The van der Waals surface area contributed by atoms with Crippen LogP contribution in [-0.2, 0) is 19.6 Å². The van der Waals surface area contributed by atoms with E-state index in [1.807, 2.05) is 0 Å². The molecule has 22 heavy (non-hydrogen) atoms. The molecule has 1 N–H and O–H groups in total. The number of nitrogens with one attached hydrogen (secondary N) is 1. The Labute approximate surface area is 135 Å². The van der Waals surface area contributed by atoms with Gasteiger partial charge in [-0.2, -0.15) is 9.98 Å². The highest BCUT2D eigenvalue weighted by molar-refractivity contribution is 7.89. The van der Waals surface area contributed by atoms with E-state index in [4.69, 9.17) is 21.6 Å². The predicted molar refractivity (Wildman–Crippen MR) is 81.6 cm³/mol. The van der Waals surface area contributed by atoms with Crippen LogP contribution < -0.4 is 4.72 Å². The van der Waals surface area contributed by atoms with Gasteiger partial charge in [0.05, 0.1) is 4.90 Å². The van der Waals surface area contributed by atoms with Gasteiger partial charge in [-0.3, -0.25) is 4.79 Å². The lowest BCUT2D eigenvalue weighted by Crippen LogP contribution is -2.45. The number of rotatable bonds is 6. The van der Waals surface area contributed by atoms with Gasteiger partial charge in [-0.15, -0.1) is 0 Å². The van der Waals surface area contributed by atoms with Crippen LogP contribution in [0.3, 0.4) is 0 Å². The molecule has 0 spiro atoms. The van der Waals surface area contributed by atoms with Gasteiger partial charge in [-0.1, -0.05) is 31.5 Å². The first-order valence-electron chi connectivity index (χ1n) is 6.55. The van der Waals surface area contributed by atoms with Gasteiger partial charge in [-0.25, -0.2) is 8.42 Å². The topological polar surface area (TPSA) is 96.3 Å². The molecule has 0 amide bonds. The normalized spacial score (nSPS) is 14.2. The van der Waals surface area contributed by atoms with Crippen LogP contribution in [0.2, 0.25) is 5.02 Å². The van der Waals surface area contributed by atoms with E-state index in [1.54, 1.807) is 26.0 Å². The zero-order valence-electron chi connectivity index (χ0n) is 12.4. The first-order chi connectivity index (χ1) is 10.2. The number of ether oxygens (including phenoxy) is 1. The van der Waals surface area contributed by atoms with Crippen LogP contribution in [0.25, 0.3) is 0 Å². The number of halogens is 1. The van der Waals surface area contributed by atoms with Crippen LogP contribution in [0, 0.1) is 17.2 Å². The maximum Gasteiger partial charge on any atom is 0.325 e. The third-order valence-electron chi connectivity index (χ3n) is 2.78. The van der Waals surface area contributed by atoms with Crippen molar-refractivity contribution in [2.75, 3.05) is 0 Å². The van der Waals surface area contributed by atoms with E-state index in [0.717, 1.165) is 0 Å². The van der Waals surface area contributed by atoms with Crippen molar-refractivity contribution in [1.82, 2.24) is 4.72 Å². The average Bonchev–Trinajstić information content (AvgIpc) is 2.44. The molecule has 0 aliphatic rings. The molecule has 0 fully saturated rings. The highest BCUT2D eigenvalue weighted by atomic mass is 35.5. The average molecular weight is 345 g/mol. The smallest absolute Gasteiger partial charge is 0.325 e. The fourth-order valence-corrected chi connectivity index (χ4v) is 3.23. The molecular formula is C14H17ClN2O4S. The molecule has 0 saturated carbocycles. The van der Waals surface area contributed by atoms with E-state index in [0.29, 0.717) is 0 Å². The number of sulfonamides is 1. The Morgan fingerprint density at radius 3 is 2.50 bits per heavy atom. The largest absolute Gasteiger partial charge is 0.446 e. The summed E-state index contributed by atoms with van der Waals surface area (Å²) >= 11 is 5.78. The number of carbonyl (C=O) groups excluding carboxylic acids is 1. The number of nitrogens with zero attached hydrogens (tertiary/aromatic N) is 1. The highest BCUT2D eigenvalue weighted by Gasteiger charge is 2.30. The Hall–Kier alpha value is -1.62. The third kappa shape index (κ3) is 4.98. The summed E-state index contributed by atoms with van der Waals surface area (Å²) in [7, 11) is -3.93. The maximum atomic E-state index is 12.3. The van der Waals surface area contributed by atoms with Crippen molar-refractivity contribution in [3.63, 3.8) is 0 Å². The Balaban J connectivity index is 3.00. The number of hydrogen-bond acceptors (Lipinski definition) is 5. The van der Waals surface area contributed by atoms with E-state index < -0.39 is 28.1 Å². The number of nitriles is 1. The van der Waals surface area contributed by atoms with E-state index in [-0.39, 0.29) is 15.8 Å². The van der Waals surface area contributed by atoms with Crippen molar-refractivity contribution >= 4 is 27.6 Å². The zero-order chi connectivity index (χ0) is 16.9. The first-order valence-corrected chi connectivity index (χ1v) is 8.41. The van der Waals surface area contributed by atoms with Crippen LogP contribution in [0.4, 0.5) is 0 Å². The summed E-state index contributed by atoms with van der Waals surface area (Å²) in [4.78, 5) is 12.0. The lowest BCUT2D eigenvalue weighted by atomic mass is 10.1. The van der Waals surface area contributed by atoms with E-state index in [1.165, 1.54) is 25.1 Å². The Morgan fingerprint density at radius 2 is 2.00 bits per heavy atom. The van der Waals surface area contributed by atoms with E-state index >= 15 is 0 Å². The molecule has 0 bridgehead atoms. The van der Waals surface area contributed by atoms with Crippen molar-refractivity contribution in [1.29, 1.82) is 5.26 Å². The maximum absolute atomic E-state index is 12.3. The number of benzene rings is 1. The van der Waals surface area contributed by atoms with Gasteiger partial charge in [0.1, 0.15) is 12.1 Å². The standard InChI is InChI=1S/C14H17ClN2O4S/c1-9(2)13(14(18)21-10(3)8-16)17-22(19,20)12-6-4-5-11(15)7-12/h4-7,9-10,13,17H,1-3H3/t10-,13-/m0/s1. The highest BCUT2D eigenvalue weighted by Crippen LogP contribution is 2.17. The van der Waals surface area contributed by atoms with Gasteiger partial charge in [0.2, 0.25) is 10.0 Å². The quantitative estimate of drug-likeness (QED) is 0.797. The fraction of sp³-hybridized carbons (Fsp3) is 0.429. The van der Waals surface area contributed by atoms with Crippen LogP contribution in [0.15, 0.2) is 29.2 Å². The first kappa shape index (κ1) is 18.4. The molecule has 0 aliphatic carbocycles. The summed E-state index contributed by atoms with van der Waals surface area (Å²) < 4.78 is 31.8. The van der Waals surface area contributed by atoms with Gasteiger partial charge in [0.15, 0.2) is 6.10 Å². The van der Waals surface area contributed by atoms with Crippen molar-refractivity contribution in [2.45, 2.75) is 37.8 Å². The molecule has 0 saturated heterocycles. The van der Waals surface area contributed by atoms with Gasteiger partial charge >= 0.3 is 5.97 Å². The molecule has 0 heterocycles. The lowest BCUT2D eigenvalue weighted by molar-refractivity contribution is -0.149. The molecule has 1 aromatic rings. The number of hydrogen-bond donors (Lipinski definition) is 1. The second-order valence-electron chi connectivity index (χ2n) is 5.01. The summed E-state index contributed by atoms with van der Waals surface area (Å²) in [6.07, 6.45) is -0.954. The molecule has 6 nitrogen and oxygen atoms in total. The monoisotopic (exact) mass is 344 g/mol. The summed E-state index contributed by atoms with van der Waals surface area (Å²) in [6, 6.07) is 6.35. The fourth-order valence-electron chi connectivity index (χ4n) is 1.60. The van der Waals surface area contributed by atoms with Crippen LogP contribution in [-0.4, -0.2) is 26.5 Å². The van der Waals surface area contributed by atoms with Crippen molar-refractivity contribution < 1.29 is 17.9 Å². The van der Waals surface area contributed by atoms with Crippen molar-refractivity contribution in [3.8, 4) is 6.07 Å². The molecule has 1 rings (SSSR count). The zero-order valence-corrected chi connectivity index (χ0v) is 14.0.